The Morgan fingerprint density at radius 3 is 2.84 bits per heavy atom. The van der Waals surface area contributed by atoms with Gasteiger partial charge in [-0.3, -0.25) is 4.90 Å². The molecule has 1 aromatic carbocycles. The summed E-state index contributed by atoms with van der Waals surface area (Å²) in [5.74, 6) is 1.33. The number of nitrogens with two attached hydrogens (primary N) is 1. The van der Waals surface area contributed by atoms with E-state index in [9.17, 15) is 0 Å². The molecule has 0 atom stereocenters. The number of aryl methyl sites for hydroxylation is 1. The van der Waals surface area contributed by atoms with Gasteiger partial charge in [0.05, 0.1) is 0 Å². The highest BCUT2D eigenvalue weighted by Crippen LogP contribution is 2.21. The Morgan fingerprint density at radius 1 is 1.26 bits per heavy atom. The van der Waals surface area contributed by atoms with Crippen LogP contribution in [0.2, 0.25) is 0 Å². The van der Waals surface area contributed by atoms with Crippen molar-refractivity contribution in [1.82, 2.24) is 14.9 Å². The molecule has 0 saturated heterocycles. The van der Waals surface area contributed by atoms with E-state index in [0.717, 1.165) is 37.4 Å². The van der Waals surface area contributed by atoms with Crippen LogP contribution in [0.15, 0.2) is 30.5 Å². The molecule has 2 heterocycles. The number of benzene rings is 1. The summed E-state index contributed by atoms with van der Waals surface area (Å²) >= 11 is 0. The Kier molecular flexibility index (Phi) is 3.17. The highest BCUT2D eigenvalue weighted by molar-refractivity contribution is 5.37. The third-order valence-corrected chi connectivity index (χ3v) is 3.62. The molecule has 0 unspecified atom stereocenters. The minimum absolute atomic E-state index is 0.603. The molecule has 3 rings (SSSR count). The molecule has 0 radical (unpaired) electrons. The number of fused-ring (bicyclic) bond motifs is 1. The zero-order valence-corrected chi connectivity index (χ0v) is 11.1. The van der Waals surface area contributed by atoms with Crippen LogP contribution in [0.4, 0.5) is 5.82 Å². The van der Waals surface area contributed by atoms with Crippen molar-refractivity contribution in [3.63, 3.8) is 0 Å². The predicted molar refractivity (Wildman–Crippen MR) is 75.4 cm³/mol. The first kappa shape index (κ1) is 12.1. The number of aromatic nitrogens is 2. The van der Waals surface area contributed by atoms with E-state index in [1.165, 1.54) is 11.1 Å². The zero-order valence-electron chi connectivity index (χ0n) is 11.1. The minimum Gasteiger partial charge on any atom is -0.383 e. The van der Waals surface area contributed by atoms with Crippen molar-refractivity contribution >= 4 is 5.82 Å². The average Bonchev–Trinajstić information content (AvgIpc) is 2.42. The Morgan fingerprint density at radius 2 is 2.05 bits per heavy atom. The maximum atomic E-state index is 5.96. The quantitative estimate of drug-likeness (QED) is 0.889. The van der Waals surface area contributed by atoms with Crippen LogP contribution in [-0.4, -0.2) is 21.4 Å². The molecule has 0 bridgehead atoms. The Bertz CT molecular complexity index is 594. The molecule has 0 fully saturated rings. The molecule has 19 heavy (non-hydrogen) atoms. The maximum Gasteiger partial charge on any atom is 0.131 e. The van der Waals surface area contributed by atoms with Crippen LogP contribution in [0.5, 0.6) is 0 Å². The third kappa shape index (κ3) is 2.58. The molecule has 1 aliphatic heterocycles. The van der Waals surface area contributed by atoms with Crippen LogP contribution in [0, 0.1) is 6.92 Å². The Balaban J connectivity index is 1.75. The van der Waals surface area contributed by atoms with E-state index in [-0.39, 0.29) is 0 Å². The minimum atomic E-state index is 0.603. The molecule has 0 amide bonds. The summed E-state index contributed by atoms with van der Waals surface area (Å²) in [6, 6.07) is 8.64. The van der Waals surface area contributed by atoms with E-state index in [4.69, 9.17) is 5.73 Å². The van der Waals surface area contributed by atoms with E-state index < -0.39 is 0 Å². The predicted octanol–water partition coefficient (Wildman–Crippen LogP) is 1.93. The van der Waals surface area contributed by atoms with Crippen LogP contribution in [-0.2, 0) is 19.5 Å². The summed E-state index contributed by atoms with van der Waals surface area (Å²) in [5, 5.41) is 0. The van der Waals surface area contributed by atoms with Crippen LogP contribution < -0.4 is 5.73 Å². The van der Waals surface area contributed by atoms with Crippen molar-refractivity contribution in [3.8, 4) is 0 Å². The molecule has 4 nitrogen and oxygen atoms in total. The number of nitrogens with zero attached hydrogens (tertiary/aromatic N) is 3. The number of nitrogen functional groups attached to an aromatic ring is 1. The van der Waals surface area contributed by atoms with Gasteiger partial charge in [-0.25, -0.2) is 9.97 Å². The van der Waals surface area contributed by atoms with Crippen LogP contribution in [0.1, 0.15) is 22.5 Å². The van der Waals surface area contributed by atoms with Crippen LogP contribution in [0.25, 0.3) is 0 Å². The Hall–Kier alpha value is -1.94. The summed E-state index contributed by atoms with van der Waals surface area (Å²) in [7, 11) is 0. The van der Waals surface area contributed by atoms with Gasteiger partial charge in [0.1, 0.15) is 11.6 Å². The summed E-state index contributed by atoms with van der Waals surface area (Å²) < 4.78 is 0. The highest BCUT2D eigenvalue weighted by Gasteiger charge is 2.16. The number of hydrogen-bond acceptors (Lipinski definition) is 4. The Labute approximate surface area is 113 Å². The van der Waals surface area contributed by atoms with Gasteiger partial charge in [-0.15, -0.1) is 0 Å². The first-order valence-corrected chi connectivity index (χ1v) is 6.59. The van der Waals surface area contributed by atoms with Crippen molar-refractivity contribution in [3.05, 3.63) is 53.0 Å². The first-order chi connectivity index (χ1) is 9.22. The molecular formula is C15H18N4. The van der Waals surface area contributed by atoms with E-state index in [1.807, 2.05) is 13.1 Å². The van der Waals surface area contributed by atoms with E-state index in [2.05, 4.69) is 39.1 Å². The third-order valence-electron chi connectivity index (χ3n) is 3.62. The second kappa shape index (κ2) is 4.97. The monoisotopic (exact) mass is 254 g/mol. The second-order valence-corrected chi connectivity index (χ2v) is 5.06. The standard InChI is InChI=1S/C15H18N4/c1-11-17-8-14(15(16)18-11)10-19-7-6-12-4-2-3-5-13(12)9-19/h2-5,8H,6-7,9-10H2,1H3,(H2,16,17,18). The first-order valence-electron chi connectivity index (χ1n) is 6.59. The van der Waals surface area contributed by atoms with Gasteiger partial charge in [0.2, 0.25) is 0 Å². The van der Waals surface area contributed by atoms with Crippen molar-refractivity contribution in [1.29, 1.82) is 0 Å². The molecule has 2 N–H and O–H groups in total. The van der Waals surface area contributed by atoms with Gasteiger partial charge in [-0.2, -0.15) is 0 Å². The van der Waals surface area contributed by atoms with Gasteiger partial charge in [0.25, 0.3) is 0 Å². The topological polar surface area (TPSA) is 55.0 Å². The molecular weight excluding hydrogens is 236 g/mol. The summed E-state index contributed by atoms with van der Waals surface area (Å²) in [4.78, 5) is 10.9. The maximum absolute atomic E-state index is 5.96. The van der Waals surface area contributed by atoms with Gasteiger partial charge >= 0.3 is 0 Å². The lowest BCUT2D eigenvalue weighted by Gasteiger charge is -2.28. The largest absolute Gasteiger partial charge is 0.383 e. The molecule has 0 aliphatic carbocycles. The van der Waals surface area contributed by atoms with Gasteiger partial charge in [-0.1, -0.05) is 24.3 Å². The van der Waals surface area contributed by atoms with E-state index in [1.54, 1.807) is 0 Å². The van der Waals surface area contributed by atoms with Crippen molar-refractivity contribution in [2.24, 2.45) is 0 Å². The summed E-state index contributed by atoms with van der Waals surface area (Å²) in [6.45, 7) is 4.71. The van der Waals surface area contributed by atoms with Crippen LogP contribution in [0.3, 0.4) is 0 Å². The molecule has 4 heteroatoms. The number of hydrogen-bond donors (Lipinski definition) is 1. The van der Waals surface area contributed by atoms with Gasteiger partial charge < -0.3 is 5.73 Å². The van der Waals surface area contributed by atoms with Crippen LogP contribution >= 0.6 is 0 Å². The zero-order chi connectivity index (χ0) is 13.2. The summed E-state index contributed by atoms with van der Waals surface area (Å²) in [6.07, 6.45) is 2.95. The molecule has 0 saturated carbocycles. The average molecular weight is 254 g/mol. The van der Waals surface area contributed by atoms with Crippen molar-refractivity contribution < 1.29 is 0 Å². The molecule has 0 spiro atoms. The van der Waals surface area contributed by atoms with Gasteiger partial charge in [0.15, 0.2) is 0 Å². The molecule has 98 valence electrons. The lowest BCUT2D eigenvalue weighted by Crippen LogP contribution is -2.30. The summed E-state index contributed by atoms with van der Waals surface area (Å²) in [5.41, 5.74) is 9.86. The highest BCUT2D eigenvalue weighted by atomic mass is 15.1. The molecule has 2 aromatic rings. The number of anilines is 1. The fourth-order valence-corrected chi connectivity index (χ4v) is 2.56. The van der Waals surface area contributed by atoms with Crippen molar-refractivity contribution in [2.45, 2.75) is 26.4 Å². The lowest BCUT2D eigenvalue weighted by molar-refractivity contribution is 0.245. The molecule has 1 aromatic heterocycles. The smallest absolute Gasteiger partial charge is 0.131 e. The second-order valence-electron chi connectivity index (χ2n) is 5.06. The molecule has 1 aliphatic rings. The lowest BCUT2D eigenvalue weighted by atomic mass is 10.00. The fourth-order valence-electron chi connectivity index (χ4n) is 2.56. The number of rotatable bonds is 2. The van der Waals surface area contributed by atoms with Crippen molar-refractivity contribution in [2.75, 3.05) is 12.3 Å². The SMILES string of the molecule is Cc1ncc(CN2CCc3ccccc3C2)c(N)n1. The van der Waals surface area contributed by atoms with Gasteiger partial charge in [-0.05, 0) is 24.5 Å². The van der Waals surface area contributed by atoms with Gasteiger partial charge in [0, 0.05) is 31.4 Å². The fraction of sp³-hybridized carbons (Fsp3) is 0.333. The normalized spacial score (nSPS) is 15.2. The van der Waals surface area contributed by atoms with E-state index in [0.29, 0.717) is 5.82 Å². The van der Waals surface area contributed by atoms with E-state index >= 15 is 0 Å².